The predicted molar refractivity (Wildman–Crippen MR) is 63.5 cm³/mol. The fourth-order valence-electron chi connectivity index (χ4n) is 2.08. The third-order valence-corrected chi connectivity index (χ3v) is 3.42. The zero-order valence-corrected chi connectivity index (χ0v) is 10.2. The third kappa shape index (κ3) is 3.83. The van der Waals surface area contributed by atoms with E-state index in [1.807, 2.05) is 0 Å². The Balaban J connectivity index is 2.32. The summed E-state index contributed by atoms with van der Waals surface area (Å²) in [6.45, 7) is 10.1. The largest absolute Gasteiger partial charge is 0.308 e. The highest BCUT2D eigenvalue weighted by Gasteiger charge is 2.28. The van der Waals surface area contributed by atoms with E-state index in [2.05, 4.69) is 39.1 Å². The first-order valence-electron chi connectivity index (χ1n) is 5.90. The molecule has 1 aliphatic carbocycles. The van der Waals surface area contributed by atoms with E-state index < -0.39 is 0 Å². The molecule has 1 saturated carbocycles. The van der Waals surface area contributed by atoms with Gasteiger partial charge in [-0.2, -0.15) is 0 Å². The summed E-state index contributed by atoms with van der Waals surface area (Å²) < 4.78 is 0. The quantitative estimate of drug-likeness (QED) is 0.680. The van der Waals surface area contributed by atoms with E-state index in [0.29, 0.717) is 5.54 Å². The first-order chi connectivity index (χ1) is 6.52. The fourth-order valence-corrected chi connectivity index (χ4v) is 2.08. The molecule has 0 atom stereocenters. The van der Waals surface area contributed by atoms with Crippen molar-refractivity contribution in [1.82, 2.24) is 5.32 Å². The molecule has 1 fully saturated rings. The summed E-state index contributed by atoms with van der Waals surface area (Å²) in [4.78, 5) is 0. The molecule has 1 rings (SSSR count). The summed E-state index contributed by atoms with van der Waals surface area (Å²) in [7, 11) is 0. The van der Waals surface area contributed by atoms with Gasteiger partial charge in [0.25, 0.3) is 0 Å². The van der Waals surface area contributed by atoms with Crippen LogP contribution in [-0.2, 0) is 0 Å². The van der Waals surface area contributed by atoms with Crippen molar-refractivity contribution in [1.29, 1.82) is 0 Å². The van der Waals surface area contributed by atoms with Gasteiger partial charge in [0.2, 0.25) is 0 Å². The van der Waals surface area contributed by atoms with Crippen LogP contribution in [0.25, 0.3) is 0 Å². The Morgan fingerprint density at radius 2 is 1.93 bits per heavy atom. The van der Waals surface area contributed by atoms with Gasteiger partial charge in [0.15, 0.2) is 0 Å². The van der Waals surface area contributed by atoms with Crippen LogP contribution in [0.1, 0.15) is 53.4 Å². The first kappa shape index (κ1) is 11.8. The molecule has 0 aromatic heterocycles. The fraction of sp³-hybridized carbons (Fsp3) is 0.846. The molecular formula is C13H25N. The Hall–Kier alpha value is -0.300. The van der Waals surface area contributed by atoms with Crippen LogP contribution in [0.3, 0.4) is 0 Å². The molecule has 0 spiro atoms. The third-order valence-electron chi connectivity index (χ3n) is 3.42. The van der Waals surface area contributed by atoms with Crippen LogP contribution in [0.2, 0.25) is 0 Å². The van der Waals surface area contributed by atoms with Gasteiger partial charge in [0.05, 0.1) is 0 Å². The monoisotopic (exact) mass is 195 g/mol. The number of hydrogen-bond donors (Lipinski definition) is 1. The van der Waals surface area contributed by atoms with E-state index in [1.54, 1.807) is 0 Å². The van der Waals surface area contributed by atoms with Crippen LogP contribution in [0.5, 0.6) is 0 Å². The van der Waals surface area contributed by atoms with Crippen molar-refractivity contribution >= 4 is 0 Å². The molecule has 0 bridgehead atoms. The van der Waals surface area contributed by atoms with E-state index in [9.17, 15) is 0 Å². The topological polar surface area (TPSA) is 12.0 Å². The zero-order valence-electron chi connectivity index (χ0n) is 10.2. The summed E-state index contributed by atoms with van der Waals surface area (Å²) in [6.07, 6.45) is 7.73. The average molecular weight is 195 g/mol. The molecule has 0 aromatic rings. The van der Waals surface area contributed by atoms with Gasteiger partial charge in [-0.15, -0.1) is 0 Å². The van der Waals surface area contributed by atoms with Crippen LogP contribution in [0, 0.1) is 5.92 Å². The summed E-state index contributed by atoms with van der Waals surface area (Å²) in [5.74, 6) is 0.938. The highest BCUT2D eigenvalue weighted by atomic mass is 15.0. The summed E-state index contributed by atoms with van der Waals surface area (Å²) in [5.41, 5.74) is 1.81. The van der Waals surface area contributed by atoms with Gasteiger partial charge < -0.3 is 5.32 Å². The summed E-state index contributed by atoms with van der Waals surface area (Å²) in [5, 5.41) is 3.67. The minimum Gasteiger partial charge on any atom is -0.308 e. The Morgan fingerprint density at radius 3 is 2.43 bits per heavy atom. The normalized spacial score (nSPS) is 32.7. The van der Waals surface area contributed by atoms with E-state index in [4.69, 9.17) is 0 Å². The highest BCUT2D eigenvalue weighted by Crippen LogP contribution is 2.31. The second-order valence-electron chi connectivity index (χ2n) is 5.41. The molecule has 82 valence electrons. The van der Waals surface area contributed by atoms with Crippen molar-refractivity contribution in [2.24, 2.45) is 5.92 Å². The van der Waals surface area contributed by atoms with Crippen LogP contribution in [-0.4, -0.2) is 12.1 Å². The van der Waals surface area contributed by atoms with Crippen LogP contribution in [0.4, 0.5) is 0 Å². The number of allylic oxidation sites excluding steroid dienone is 1. The first-order valence-corrected chi connectivity index (χ1v) is 5.90. The van der Waals surface area contributed by atoms with Crippen LogP contribution in [0.15, 0.2) is 11.6 Å². The molecule has 0 aromatic carbocycles. The Morgan fingerprint density at radius 1 is 1.36 bits per heavy atom. The molecular weight excluding hydrogens is 170 g/mol. The van der Waals surface area contributed by atoms with Crippen LogP contribution < -0.4 is 5.32 Å². The molecule has 1 heteroatoms. The predicted octanol–water partition coefficient (Wildman–Crippen LogP) is 3.51. The SMILES string of the molecule is CC(C)=CCNC1(C)CCC(C)CC1. The molecule has 0 radical (unpaired) electrons. The van der Waals surface area contributed by atoms with E-state index in [-0.39, 0.29) is 0 Å². The van der Waals surface area contributed by atoms with Crippen molar-refractivity contribution in [2.75, 3.05) is 6.54 Å². The van der Waals surface area contributed by atoms with Gasteiger partial charge in [0.1, 0.15) is 0 Å². The number of rotatable bonds is 3. The average Bonchev–Trinajstić information content (AvgIpc) is 2.10. The minimum atomic E-state index is 0.401. The maximum atomic E-state index is 3.67. The smallest absolute Gasteiger partial charge is 0.0156 e. The molecule has 1 N–H and O–H groups in total. The van der Waals surface area contributed by atoms with Crippen molar-refractivity contribution in [3.63, 3.8) is 0 Å². The van der Waals surface area contributed by atoms with E-state index in [1.165, 1.54) is 31.3 Å². The van der Waals surface area contributed by atoms with Gasteiger partial charge in [-0.1, -0.05) is 18.6 Å². The summed E-state index contributed by atoms with van der Waals surface area (Å²) >= 11 is 0. The number of nitrogens with one attached hydrogen (secondary N) is 1. The van der Waals surface area contributed by atoms with Crippen molar-refractivity contribution in [3.8, 4) is 0 Å². The van der Waals surface area contributed by atoms with Gasteiger partial charge in [-0.3, -0.25) is 0 Å². The molecule has 0 saturated heterocycles. The lowest BCUT2D eigenvalue weighted by Gasteiger charge is -2.37. The minimum absolute atomic E-state index is 0.401. The molecule has 0 aliphatic heterocycles. The van der Waals surface area contributed by atoms with Crippen molar-refractivity contribution < 1.29 is 0 Å². The number of hydrogen-bond acceptors (Lipinski definition) is 1. The molecule has 14 heavy (non-hydrogen) atoms. The van der Waals surface area contributed by atoms with Gasteiger partial charge in [-0.05, 0) is 52.4 Å². The molecule has 1 aliphatic rings. The highest BCUT2D eigenvalue weighted by molar-refractivity contribution is 4.97. The summed E-state index contributed by atoms with van der Waals surface area (Å²) in [6, 6.07) is 0. The van der Waals surface area contributed by atoms with Crippen molar-refractivity contribution in [2.45, 2.75) is 58.9 Å². The lowest BCUT2D eigenvalue weighted by Crippen LogP contribution is -2.45. The van der Waals surface area contributed by atoms with Gasteiger partial charge >= 0.3 is 0 Å². The Labute approximate surface area is 89.0 Å². The molecule has 0 unspecified atom stereocenters. The molecule has 0 heterocycles. The van der Waals surface area contributed by atoms with E-state index in [0.717, 1.165) is 12.5 Å². The Kier molecular flexibility index (Phi) is 4.18. The maximum Gasteiger partial charge on any atom is 0.0156 e. The maximum absolute atomic E-state index is 3.67. The Bertz CT molecular complexity index is 193. The van der Waals surface area contributed by atoms with Crippen molar-refractivity contribution in [3.05, 3.63) is 11.6 Å². The lowest BCUT2D eigenvalue weighted by molar-refractivity contribution is 0.220. The molecule has 0 amide bonds. The second kappa shape index (κ2) is 4.97. The van der Waals surface area contributed by atoms with Crippen LogP contribution >= 0.6 is 0 Å². The standard InChI is InChI=1S/C13H25N/c1-11(2)7-10-14-13(4)8-5-12(3)6-9-13/h7,12,14H,5-6,8-10H2,1-4H3. The lowest BCUT2D eigenvalue weighted by atomic mass is 9.78. The van der Waals surface area contributed by atoms with Gasteiger partial charge in [-0.25, -0.2) is 0 Å². The van der Waals surface area contributed by atoms with Gasteiger partial charge in [0, 0.05) is 12.1 Å². The zero-order chi connectivity index (χ0) is 10.6. The second-order valence-corrected chi connectivity index (χ2v) is 5.41. The van der Waals surface area contributed by atoms with E-state index >= 15 is 0 Å². The molecule has 1 nitrogen and oxygen atoms in total.